The zero-order valence-electron chi connectivity index (χ0n) is 10.0. The SMILES string of the molecule is CSc1ccc(Oc2nc(C)cc(C#N)n2)cc1. The van der Waals surface area contributed by atoms with E-state index in [4.69, 9.17) is 10.00 Å². The standard InChI is InChI=1S/C13H11N3OS/c1-9-7-10(8-14)16-13(15-9)17-11-3-5-12(18-2)6-4-11/h3-7H,1-2H3. The molecule has 1 aromatic heterocycles. The fourth-order valence-corrected chi connectivity index (χ4v) is 1.80. The van der Waals surface area contributed by atoms with Crippen molar-refractivity contribution in [2.24, 2.45) is 0 Å². The third-order valence-electron chi connectivity index (χ3n) is 2.22. The van der Waals surface area contributed by atoms with Crippen molar-refractivity contribution < 1.29 is 4.74 Å². The Morgan fingerprint density at radius 2 is 1.94 bits per heavy atom. The molecule has 0 fully saturated rings. The topological polar surface area (TPSA) is 58.8 Å². The average Bonchev–Trinajstić information content (AvgIpc) is 2.39. The van der Waals surface area contributed by atoms with Gasteiger partial charge in [-0.2, -0.15) is 10.2 Å². The molecular formula is C13H11N3OS. The minimum Gasteiger partial charge on any atom is -0.424 e. The van der Waals surface area contributed by atoms with E-state index in [1.54, 1.807) is 24.8 Å². The molecule has 1 aromatic carbocycles. The molecule has 4 nitrogen and oxygen atoms in total. The molecule has 2 aromatic rings. The van der Waals surface area contributed by atoms with E-state index in [1.807, 2.05) is 36.6 Å². The van der Waals surface area contributed by atoms with E-state index in [1.165, 1.54) is 0 Å². The summed E-state index contributed by atoms with van der Waals surface area (Å²) in [6, 6.07) is 11.4. The van der Waals surface area contributed by atoms with Gasteiger partial charge in [-0.25, -0.2) is 4.98 Å². The average molecular weight is 257 g/mol. The van der Waals surface area contributed by atoms with Gasteiger partial charge in [0.1, 0.15) is 17.5 Å². The predicted molar refractivity (Wildman–Crippen MR) is 69.8 cm³/mol. The molecule has 0 bridgehead atoms. The maximum absolute atomic E-state index is 8.82. The first kappa shape index (κ1) is 12.4. The smallest absolute Gasteiger partial charge is 0.323 e. The third-order valence-corrected chi connectivity index (χ3v) is 2.96. The van der Waals surface area contributed by atoms with Crippen molar-refractivity contribution >= 4 is 11.8 Å². The molecule has 1 heterocycles. The van der Waals surface area contributed by atoms with Gasteiger partial charge >= 0.3 is 6.01 Å². The van der Waals surface area contributed by atoms with Crippen LogP contribution in [-0.2, 0) is 0 Å². The predicted octanol–water partition coefficient (Wildman–Crippen LogP) is 3.17. The molecule has 0 spiro atoms. The van der Waals surface area contributed by atoms with E-state index in [0.717, 1.165) is 4.90 Å². The van der Waals surface area contributed by atoms with Crippen LogP contribution in [0.25, 0.3) is 0 Å². The molecule has 18 heavy (non-hydrogen) atoms. The van der Waals surface area contributed by atoms with Gasteiger partial charge in [-0.3, -0.25) is 0 Å². The van der Waals surface area contributed by atoms with Gasteiger partial charge in [-0.1, -0.05) is 0 Å². The highest BCUT2D eigenvalue weighted by Gasteiger charge is 2.04. The highest BCUT2D eigenvalue weighted by atomic mass is 32.2. The van der Waals surface area contributed by atoms with E-state index in [0.29, 0.717) is 17.1 Å². The Morgan fingerprint density at radius 1 is 1.22 bits per heavy atom. The van der Waals surface area contributed by atoms with E-state index in [-0.39, 0.29) is 6.01 Å². The Bertz CT molecular complexity index is 590. The van der Waals surface area contributed by atoms with Crippen molar-refractivity contribution in [3.8, 4) is 17.8 Å². The molecule has 0 radical (unpaired) electrons. The Labute approximate surface area is 110 Å². The monoisotopic (exact) mass is 257 g/mol. The number of thioether (sulfide) groups is 1. The van der Waals surface area contributed by atoms with Crippen LogP contribution in [0.3, 0.4) is 0 Å². The molecule has 0 aliphatic carbocycles. The van der Waals surface area contributed by atoms with Crippen molar-refractivity contribution in [1.82, 2.24) is 9.97 Å². The maximum Gasteiger partial charge on any atom is 0.323 e. The summed E-state index contributed by atoms with van der Waals surface area (Å²) in [4.78, 5) is 9.28. The summed E-state index contributed by atoms with van der Waals surface area (Å²) in [5.41, 5.74) is 1.01. The number of benzene rings is 1. The molecule has 0 aliphatic rings. The first-order valence-electron chi connectivity index (χ1n) is 5.29. The van der Waals surface area contributed by atoms with Crippen LogP contribution in [0.1, 0.15) is 11.4 Å². The number of nitrogens with zero attached hydrogens (tertiary/aromatic N) is 3. The number of ether oxygens (including phenoxy) is 1. The Hall–Kier alpha value is -2.06. The second-order valence-corrected chi connectivity index (χ2v) is 4.45. The van der Waals surface area contributed by atoms with Gasteiger partial charge in [0, 0.05) is 10.6 Å². The second-order valence-electron chi connectivity index (χ2n) is 3.57. The quantitative estimate of drug-likeness (QED) is 0.790. The molecule has 5 heteroatoms. The maximum atomic E-state index is 8.82. The highest BCUT2D eigenvalue weighted by molar-refractivity contribution is 7.98. The van der Waals surface area contributed by atoms with Crippen LogP contribution >= 0.6 is 11.8 Å². The van der Waals surface area contributed by atoms with Crippen LogP contribution in [0.4, 0.5) is 0 Å². The Kier molecular flexibility index (Phi) is 3.80. The molecular weight excluding hydrogens is 246 g/mol. The van der Waals surface area contributed by atoms with Crippen LogP contribution in [0.2, 0.25) is 0 Å². The molecule has 0 aliphatic heterocycles. The highest BCUT2D eigenvalue weighted by Crippen LogP contribution is 2.22. The third kappa shape index (κ3) is 2.99. The number of hydrogen-bond donors (Lipinski definition) is 0. The van der Waals surface area contributed by atoms with Crippen LogP contribution in [0.5, 0.6) is 11.8 Å². The largest absolute Gasteiger partial charge is 0.424 e. The number of rotatable bonds is 3. The molecule has 0 saturated carbocycles. The lowest BCUT2D eigenvalue weighted by Crippen LogP contribution is -1.96. The minimum absolute atomic E-state index is 0.198. The second kappa shape index (κ2) is 5.52. The van der Waals surface area contributed by atoms with Crippen LogP contribution in [-0.4, -0.2) is 16.2 Å². The molecule has 0 amide bonds. The van der Waals surface area contributed by atoms with Gasteiger partial charge < -0.3 is 4.74 Å². The van der Waals surface area contributed by atoms with Crippen LogP contribution < -0.4 is 4.74 Å². The zero-order valence-corrected chi connectivity index (χ0v) is 10.9. The van der Waals surface area contributed by atoms with Crippen molar-refractivity contribution in [3.63, 3.8) is 0 Å². The summed E-state index contributed by atoms with van der Waals surface area (Å²) in [5, 5.41) is 8.82. The van der Waals surface area contributed by atoms with Gasteiger partial charge in [-0.05, 0) is 43.5 Å². The van der Waals surface area contributed by atoms with Gasteiger partial charge in [0.25, 0.3) is 0 Å². The van der Waals surface area contributed by atoms with E-state index < -0.39 is 0 Å². The lowest BCUT2D eigenvalue weighted by atomic mass is 10.3. The van der Waals surface area contributed by atoms with Crippen molar-refractivity contribution in [2.75, 3.05) is 6.26 Å². The molecule has 90 valence electrons. The number of aryl methyl sites for hydroxylation is 1. The summed E-state index contributed by atoms with van der Waals surface area (Å²) in [6.45, 7) is 1.80. The Balaban J connectivity index is 2.22. The normalized spacial score (nSPS) is 9.83. The Morgan fingerprint density at radius 3 is 2.56 bits per heavy atom. The molecule has 0 N–H and O–H groups in total. The van der Waals surface area contributed by atoms with Crippen LogP contribution in [0.15, 0.2) is 35.2 Å². The fraction of sp³-hybridized carbons (Fsp3) is 0.154. The number of nitriles is 1. The molecule has 2 rings (SSSR count). The van der Waals surface area contributed by atoms with Gasteiger partial charge in [0.05, 0.1) is 0 Å². The van der Waals surface area contributed by atoms with Crippen molar-refractivity contribution in [1.29, 1.82) is 5.26 Å². The molecule has 0 atom stereocenters. The van der Waals surface area contributed by atoms with Gasteiger partial charge in [0.2, 0.25) is 0 Å². The summed E-state index contributed by atoms with van der Waals surface area (Å²) < 4.78 is 5.52. The lowest BCUT2D eigenvalue weighted by molar-refractivity contribution is 0.439. The van der Waals surface area contributed by atoms with Gasteiger partial charge in [0.15, 0.2) is 0 Å². The van der Waals surface area contributed by atoms with Crippen molar-refractivity contribution in [3.05, 3.63) is 41.7 Å². The summed E-state index contributed by atoms with van der Waals surface area (Å²) in [6.07, 6.45) is 2.01. The number of hydrogen-bond acceptors (Lipinski definition) is 5. The zero-order chi connectivity index (χ0) is 13.0. The fourth-order valence-electron chi connectivity index (χ4n) is 1.39. The summed E-state index contributed by atoms with van der Waals surface area (Å²) in [5.74, 6) is 0.655. The number of aromatic nitrogens is 2. The van der Waals surface area contributed by atoms with E-state index in [2.05, 4.69) is 9.97 Å². The summed E-state index contributed by atoms with van der Waals surface area (Å²) >= 11 is 1.66. The van der Waals surface area contributed by atoms with Crippen LogP contribution in [0, 0.1) is 18.3 Å². The first-order valence-corrected chi connectivity index (χ1v) is 6.51. The molecule has 0 saturated heterocycles. The molecule has 0 unspecified atom stereocenters. The van der Waals surface area contributed by atoms with Crippen molar-refractivity contribution in [2.45, 2.75) is 11.8 Å². The summed E-state index contributed by atoms with van der Waals surface area (Å²) in [7, 11) is 0. The minimum atomic E-state index is 0.198. The van der Waals surface area contributed by atoms with Gasteiger partial charge in [-0.15, -0.1) is 11.8 Å². The van der Waals surface area contributed by atoms with E-state index >= 15 is 0 Å². The van der Waals surface area contributed by atoms with E-state index in [9.17, 15) is 0 Å². The lowest BCUT2D eigenvalue weighted by Gasteiger charge is -2.05. The first-order chi connectivity index (χ1) is 8.71.